The number of nitrogens with zero attached hydrogens (tertiary/aromatic N) is 2. The molecule has 0 aliphatic heterocycles. The van der Waals surface area contributed by atoms with Crippen LogP contribution in [0.3, 0.4) is 0 Å². The van der Waals surface area contributed by atoms with Crippen LogP contribution in [-0.2, 0) is 0 Å². The van der Waals surface area contributed by atoms with Gasteiger partial charge >= 0.3 is 0 Å². The molecule has 0 aliphatic rings. The van der Waals surface area contributed by atoms with Gasteiger partial charge in [0.05, 0.1) is 7.11 Å². The second kappa shape index (κ2) is 4.65. The lowest BCUT2D eigenvalue weighted by molar-refractivity contribution is 0.411. The first kappa shape index (κ1) is 11.1. The van der Waals surface area contributed by atoms with Gasteiger partial charge in [-0.1, -0.05) is 0 Å². The maximum absolute atomic E-state index is 13.2. The van der Waals surface area contributed by atoms with E-state index in [-0.39, 0.29) is 0 Å². The largest absolute Gasteiger partial charge is 0.497 e. The van der Waals surface area contributed by atoms with E-state index in [1.54, 1.807) is 12.1 Å². The quantitative estimate of drug-likeness (QED) is 0.849. The van der Waals surface area contributed by atoms with Gasteiger partial charge in [-0.15, -0.1) is 0 Å². The maximum atomic E-state index is 13.2. The van der Waals surface area contributed by atoms with Gasteiger partial charge in [0.25, 0.3) is 0 Å². The van der Waals surface area contributed by atoms with Gasteiger partial charge in [0.2, 0.25) is 5.95 Å². The molecule has 0 spiro atoms. The molecular weight excluding hydrogens is 223 g/mol. The number of nitrogens with one attached hydrogen (secondary N) is 1. The zero-order valence-corrected chi connectivity index (χ0v) is 9.14. The minimum atomic E-state index is -0.407. The average Bonchev–Trinajstić information content (AvgIpc) is 2.28. The lowest BCUT2D eigenvalue weighted by Gasteiger charge is -2.07. The van der Waals surface area contributed by atoms with Gasteiger partial charge in [-0.25, -0.2) is 9.37 Å². The van der Waals surface area contributed by atoms with Gasteiger partial charge in [0.15, 0.2) is 0 Å². The Balaban J connectivity index is 2.26. The summed E-state index contributed by atoms with van der Waals surface area (Å²) in [4.78, 5) is 7.90. The highest BCUT2D eigenvalue weighted by atomic mass is 19.1. The zero-order chi connectivity index (χ0) is 12.3. The summed E-state index contributed by atoms with van der Waals surface area (Å²) >= 11 is 0. The maximum Gasteiger partial charge on any atom is 0.229 e. The van der Waals surface area contributed by atoms with Crippen molar-refractivity contribution < 1.29 is 9.13 Å². The van der Waals surface area contributed by atoms with E-state index in [4.69, 9.17) is 10.5 Å². The Hall–Kier alpha value is -2.37. The molecule has 1 aromatic carbocycles. The number of hydrogen-bond donors (Lipinski definition) is 2. The molecule has 0 saturated heterocycles. The molecular formula is C11H11FN4O. The summed E-state index contributed by atoms with van der Waals surface area (Å²) in [5.74, 6) is 0.649. The summed E-state index contributed by atoms with van der Waals surface area (Å²) in [6, 6.07) is 5.80. The van der Waals surface area contributed by atoms with Crippen LogP contribution in [0.1, 0.15) is 0 Å². The van der Waals surface area contributed by atoms with Crippen molar-refractivity contribution in [2.45, 2.75) is 0 Å². The smallest absolute Gasteiger partial charge is 0.229 e. The number of halogens is 1. The van der Waals surface area contributed by atoms with Crippen LogP contribution in [-0.4, -0.2) is 17.1 Å². The zero-order valence-electron chi connectivity index (χ0n) is 9.14. The predicted molar refractivity (Wildman–Crippen MR) is 62.7 cm³/mol. The van der Waals surface area contributed by atoms with Gasteiger partial charge in [-0.2, -0.15) is 4.98 Å². The fourth-order valence-electron chi connectivity index (χ4n) is 1.31. The minimum absolute atomic E-state index is 0.303. The molecule has 1 aromatic heterocycles. The third-order valence-corrected chi connectivity index (χ3v) is 2.04. The Morgan fingerprint density at radius 2 is 2.18 bits per heavy atom. The summed E-state index contributed by atoms with van der Waals surface area (Å²) in [7, 11) is 1.47. The van der Waals surface area contributed by atoms with Crippen LogP contribution in [0.4, 0.5) is 21.8 Å². The number of nitrogen functional groups attached to an aromatic ring is 1. The first-order valence-corrected chi connectivity index (χ1v) is 4.87. The first-order chi connectivity index (χ1) is 8.17. The van der Waals surface area contributed by atoms with Crippen molar-refractivity contribution in [2.75, 3.05) is 18.2 Å². The van der Waals surface area contributed by atoms with Crippen LogP contribution in [0.25, 0.3) is 0 Å². The van der Waals surface area contributed by atoms with Crippen LogP contribution in [0.15, 0.2) is 30.5 Å². The molecule has 0 radical (unpaired) electrons. The van der Waals surface area contributed by atoms with E-state index in [0.29, 0.717) is 23.2 Å². The molecule has 0 unspecified atom stereocenters. The Morgan fingerprint density at radius 1 is 1.35 bits per heavy atom. The second-order valence-electron chi connectivity index (χ2n) is 3.31. The summed E-state index contributed by atoms with van der Waals surface area (Å²) in [5.41, 5.74) is 6.00. The lowest BCUT2D eigenvalue weighted by Crippen LogP contribution is -2.00. The van der Waals surface area contributed by atoms with Crippen molar-refractivity contribution in [3.63, 3.8) is 0 Å². The molecule has 0 saturated carbocycles. The van der Waals surface area contributed by atoms with Gasteiger partial charge in [0, 0.05) is 24.0 Å². The molecule has 6 heteroatoms. The van der Waals surface area contributed by atoms with E-state index in [0.717, 1.165) is 0 Å². The molecule has 5 nitrogen and oxygen atoms in total. The number of aromatic nitrogens is 2. The Morgan fingerprint density at radius 3 is 2.88 bits per heavy atom. The monoisotopic (exact) mass is 234 g/mol. The summed E-state index contributed by atoms with van der Waals surface area (Å²) < 4.78 is 18.2. The fourth-order valence-corrected chi connectivity index (χ4v) is 1.31. The first-order valence-electron chi connectivity index (χ1n) is 4.87. The highest BCUT2D eigenvalue weighted by molar-refractivity contribution is 5.56. The Kier molecular flexibility index (Phi) is 3.04. The van der Waals surface area contributed by atoms with Crippen molar-refractivity contribution in [1.29, 1.82) is 0 Å². The number of hydrogen-bond acceptors (Lipinski definition) is 5. The minimum Gasteiger partial charge on any atom is -0.497 e. The molecule has 1 heterocycles. The van der Waals surface area contributed by atoms with Gasteiger partial charge in [-0.3, -0.25) is 0 Å². The molecule has 3 N–H and O–H groups in total. The van der Waals surface area contributed by atoms with E-state index < -0.39 is 5.82 Å². The number of methoxy groups -OCH3 is 1. The van der Waals surface area contributed by atoms with Crippen molar-refractivity contribution >= 4 is 17.5 Å². The highest BCUT2D eigenvalue weighted by Crippen LogP contribution is 2.21. The number of rotatable bonds is 3. The number of ether oxygens (including phenoxy) is 1. The van der Waals surface area contributed by atoms with Gasteiger partial charge < -0.3 is 15.8 Å². The molecule has 88 valence electrons. The van der Waals surface area contributed by atoms with E-state index in [2.05, 4.69) is 15.3 Å². The number of anilines is 3. The fraction of sp³-hybridized carbons (Fsp3) is 0.0909. The Bertz CT molecular complexity index is 533. The van der Waals surface area contributed by atoms with Crippen LogP contribution in [0.5, 0.6) is 5.75 Å². The van der Waals surface area contributed by atoms with Crippen LogP contribution >= 0.6 is 0 Å². The predicted octanol–water partition coefficient (Wildman–Crippen LogP) is 1.95. The molecule has 0 atom stereocenters. The summed E-state index contributed by atoms with van der Waals surface area (Å²) in [6.45, 7) is 0. The topological polar surface area (TPSA) is 73.1 Å². The third kappa shape index (κ3) is 2.81. The van der Waals surface area contributed by atoms with Crippen molar-refractivity contribution in [3.8, 4) is 5.75 Å². The van der Waals surface area contributed by atoms with E-state index >= 15 is 0 Å². The molecule has 2 aromatic rings. The SMILES string of the molecule is COc1cc(F)cc(Nc2nccc(N)n2)c1. The van der Waals surface area contributed by atoms with E-state index in [1.807, 2.05) is 0 Å². The molecule has 0 fully saturated rings. The van der Waals surface area contributed by atoms with Crippen LogP contribution in [0, 0.1) is 5.82 Å². The molecule has 0 bridgehead atoms. The summed E-state index contributed by atoms with van der Waals surface area (Å²) in [6.07, 6.45) is 1.52. The molecule has 17 heavy (non-hydrogen) atoms. The molecule has 2 rings (SSSR count). The van der Waals surface area contributed by atoms with Crippen LogP contribution in [0.2, 0.25) is 0 Å². The van der Waals surface area contributed by atoms with Crippen molar-refractivity contribution in [2.24, 2.45) is 0 Å². The standard InChI is InChI=1S/C11H11FN4O/c1-17-9-5-7(12)4-8(6-9)15-11-14-3-2-10(13)16-11/h2-6H,1H3,(H3,13,14,15,16). The molecule has 0 aliphatic carbocycles. The second-order valence-corrected chi connectivity index (χ2v) is 3.31. The van der Waals surface area contributed by atoms with Gasteiger partial charge in [0.1, 0.15) is 17.4 Å². The lowest BCUT2D eigenvalue weighted by atomic mass is 10.3. The van der Waals surface area contributed by atoms with Crippen molar-refractivity contribution in [1.82, 2.24) is 9.97 Å². The van der Waals surface area contributed by atoms with Crippen molar-refractivity contribution in [3.05, 3.63) is 36.3 Å². The molecule has 0 amide bonds. The van der Waals surface area contributed by atoms with E-state index in [1.165, 1.54) is 25.4 Å². The van der Waals surface area contributed by atoms with Crippen LogP contribution < -0.4 is 15.8 Å². The average molecular weight is 234 g/mol. The third-order valence-electron chi connectivity index (χ3n) is 2.04. The van der Waals surface area contributed by atoms with Gasteiger partial charge in [-0.05, 0) is 12.1 Å². The summed E-state index contributed by atoms with van der Waals surface area (Å²) in [5, 5.41) is 2.84. The highest BCUT2D eigenvalue weighted by Gasteiger charge is 2.03. The number of benzene rings is 1. The van der Waals surface area contributed by atoms with E-state index in [9.17, 15) is 4.39 Å². The normalized spacial score (nSPS) is 10.0. The Labute approximate surface area is 97.5 Å². The number of nitrogens with two attached hydrogens (primary N) is 1.